The van der Waals surface area contributed by atoms with Gasteiger partial charge in [0.2, 0.25) is 0 Å². The van der Waals surface area contributed by atoms with E-state index in [4.69, 9.17) is 21.5 Å². The zero-order chi connectivity index (χ0) is 10.6. The molecular weight excluding hydrogens is 202 g/mol. The van der Waals surface area contributed by atoms with E-state index in [9.17, 15) is 0 Å². The van der Waals surface area contributed by atoms with Crippen LogP contribution in [-0.2, 0) is 0 Å². The molecule has 0 radical (unpaired) electrons. The smallest absolute Gasteiger partial charge is 0.137 e. The maximum absolute atomic E-state index is 8.57. The molecule has 0 heterocycles. The Morgan fingerprint density at radius 3 is 2.79 bits per heavy atom. The zero-order valence-electron chi connectivity index (χ0n) is 8.12. The van der Waals surface area contributed by atoms with Gasteiger partial charge in [0.05, 0.1) is 17.3 Å². The lowest BCUT2D eigenvalue weighted by molar-refractivity contribution is 0.319. The molecule has 76 valence electrons. The predicted molar refractivity (Wildman–Crippen MR) is 56.6 cm³/mol. The monoisotopic (exact) mass is 213 g/mol. The minimum absolute atomic E-state index is 0.521. The molecule has 1 N–H and O–H groups in total. The third kappa shape index (κ3) is 2.39. The van der Waals surface area contributed by atoms with Crippen molar-refractivity contribution in [2.24, 2.45) is 5.16 Å². The number of ether oxygens (including phenoxy) is 1. The summed E-state index contributed by atoms with van der Waals surface area (Å²) in [6.45, 7) is 4.17. The standard InChI is InChI=1S/C10H12ClNO2/c1-3-14-10-5-4-8(6-9(10)11)7(2)12-13/h4-6,13H,3H2,1-2H3/b12-7+. The van der Waals surface area contributed by atoms with Gasteiger partial charge in [-0.3, -0.25) is 0 Å². The van der Waals surface area contributed by atoms with Crippen LogP contribution in [0.4, 0.5) is 0 Å². The number of benzene rings is 1. The van der Waals surface area contributed by atoms with Gasteiger partial charge in [0.25, 0.3) is 0 Å². The molecule has 0 aromatic heterocycles. The highest BCUT2D eigenvalue weighted by atomic mass is 35.5. The third-order valence-corrected chi connectivity index (χ3v) is 2.09. The van der Waals surface area contributed by atoms with E-state index in [1.807, 2.05) is 6.92 Å². The maximum atomic E-state index is 8.57. The van der Waals surface area contributed by atoms with Crippen LogP contribution in [0.3, 0.4) is 0 Å². The van der Waals surface area contributed by atoms with Gasteiger partial charge in [-0.1, -0.05) is 16.8 Å². The van der Waals surface area contributed by atoms with Crippen LogP contribution in [0.1, 0.15) is 19.4 Å². The number of oxime groups is 1. The van der Waals surface area contributed by atoms with Gasteiger partial charge < -0.3 is 9.94 Å². The highest BCUT2D eigenvalue weighted by Crippen LogP contribution is 2.25. The maximum Gasteiger partial charge on any atom is 0.137 e. The Hall–Kier alpha value is -1.22. The zero-order valence-corrected chi connectivity index (χ0v) is 8.88. The number of rotatable bonds is 3. The number of hydrogen-bond acceptors (Lipinski definition) is 3. The molecule has 4 heteroatoms. The van der Waals surface area contributed by atoms with E-state index >= 15 is 0 Å². The van der Waals surface area contributed by atoms with Crippen LogP contribution in [0.2, 0.25) is 5.02 Å². The molecule has 14 heavy (non-hydrogen) atoms. The predicted octanol–water partition coefficient (Wildman–Crippen LogP) is 2.94. The minimum atomic E-state index is 0.521. The fraction of sp³-hybridized carbons (Fsp3) is 0.300. The molecule has 0 aliphatic heterocycles. The third-order valence-electron chi connectivity index (χ3n) is 1.80. The lowest BCUT2D eigenvalue weighted by Gasteiger charge is -2.06. The summed E-state index contributed by atoms with van der Waals surface area (Å²) in [6.07, 6.45) is 0. The van der Waals surface area contributed by atoms with E-state index in [1.54, 1.807) is 25.1 Å². The lowest BCUT2D eigenvalue weighted by atomic mass is 10.1. The summed E-state index contributed by atoms with van der Waals surface area (Å²) in [5.41, 5.74) is 1.30. The molecule has 1 aromatic carbocycles. The average Bonchev–Trinajstić information content (AvgIpc) is 2.20. The first-order valence-electron chi connectivity index (χ1n) is 4.30. The summed E-state index contributed by atoms with van der Waals surface area (Å²) < 4.78 is 5.27. The number of hydrogen-bond donors (Lipinski definition) is 1. The van der Waals surface area contributed by atoms with Crippen LogP contribution >= 0.6 is 11.6 Å². The first-order chi connectivity index (χ1) is 6.69. The van der Waals surface area contributed by atoms with Gasteiger partial charge in [-0.15, -0.1) is 0 Å². The van der Waals surface area contributed by atoms with Crippen molar-refractivity contribution in [2.45, 2.75) is 13.8 Å². The largest absolute Gasteiger partial charge is 0.492 e. The average molecular weight is 214 g/mol. The fourth-order valence-corrected chi connectivity index (χ4v) is 1.29. The van der Waals surface area contributed by atoms with Crippen molar-refractivity contribution in [3.63, 3.8) is 0 Å². The van der Waals surface area contributed by atoms with E-state index in [1.165, 1.54) is 0 Å². The summed E-state index contributed by atoms with van der Waals surface area (Å²) in [7, 11) is 0. The number of nitrogens with zero attached hydrogens (tertiary/aromatic N) is 1. The quantitative estimate of drug-likeness (QED) is 0.477. The van der Waals surface area contributed by atoms with E-state index in [2.05, 4.69) is 5.16 Å². The molecule has 0 atom stereocenters. The summed E-state index contributed by atoms with van der Waals surface area (Å²) in [5, 5.41) is 12.2. The Morgan fingerprint density at radius 1 is 1.57 bits per heavy atom. The van der Waals surface area contributed by atoms with E-state index in [0.717, 1.165) is 5.56 Å². The summed E-state index contributed by atoms with van der Waals surface area (Å²) in [6, 6.07) is 5.27. The van der Waals surface area contributed by atoms with Crippen LogP contribution in [0.25, 0.3) is 0 Å². The SMILES string of the molecule is CCOc1ccc(/C(C)=N/O)cc1Cl. The minimum Gasteiger partial charge on any atom is -0.492 e. The second kappa shape index (κ2) is 4.86. The van der Waals surface area contributed by atoms with Crippen LogP contribution in [0, 0.1) is 0 Å². The first kappa shape index (κ1) is 10.9. The van der Waals surface area contributed by atoms with Crippen molar-refractivity contribution in [2.75, 3.05) is 6.61 Å². The molecule has 0 bridgehead atoms. The Kier molecular flexibility index (Phi) is 3.77. The highest BCUT2D eigenvalue weighted by molar-refractivity contribution is 6.32. The van der Waals surface area contributed by atoms with Gasteiger partial charge in [-0.25, -0.2) is 0 Å². The van der Waals surface area contributed by atoms with Crippen LogP contribution in [0.15, 0.2) is 23.4 Å². The molecule has 0 fully saturated rings. The van der Waals surface area contributed by atoms with Gasteiger partial charge in [0.1, 0.15) is 5.75 Å². The van der Waals surface area contributed by atoms with Gasteiger partial charge in [-0.2, -0.15) is 0 Å². The van der Waals surface area contributed by atoms with Crippen molar-refractivity contribution < 1.29 is 9.94 Å². The van der Waals surface area contributed by atoms with Gasteiger partial charge in [0.15, 0.2) is 0 Å². The number of halogens is 1. The molecule has 0 spiro atoms. The Bertz CT molecular complexity index is 350. The Balaban J connectivity index is 3.00. The van der Waals surface area contributed by atoms with E-state index in [0.29, 0.717) is 23.1 Å². The fourth-order valence-electron chi connectivity index (χ4n) is 1.06. The molecule has 1 rings (SSSR count). The van der Waals surface area contributed by atoms with Gasteiger partial charge >= 0.3 is 0 Å². The topological polar surface area (TPSA) is 41.8 Å². The van der Waals surface area contributed by atoms with Crippen molar-refractivity contribution in [1.29, 1.82) is 0 Å². The molecule has 1 aromatic rings. The van der Waals surface area contributed by atoms with Crippen molar-refractivity contribution in [3.8, 4) is 5.75 Å². The second-order valence-electron chi connectivity index (χ2n) is 2.76. The summed E-state index contributed by atoms with van der Waals surface area (Å²) in [5.74, 6) is 0.642. The van der Waals surface area contributed by atoms with Gasteiger partial charge in [-0.05, 0) is 32.0 Å². The van der Waals surface area contributed by atoms with Crippen LogP contribution in [0.5, 0.6) is 5.75 Å². The van der Waals surface area contributed by atoms with E-state index < -0.39 is 0 Å². The van der Waals surface area contributed by atoms with Crippen LogP contribution < -0.4 is 4.74 Å². The molecule has 3 nitrogen and oxygen atoms in total. The Labute approximate surface area is 88.0 Å². The van der Waals surface area contributed by atoms with Crippen molar-refractivity contribution >= 4 is 17.3 Å². The lowest BCUT2D eigenvalue weighted by Crippen LogP contribution is -1.97. The summed E-state index contributed by atoms with van der Waals surface area (Å²) in [4.78, 5) is 0. The molecular formula is C10H12ClNO2. The molecule has 0 aliphatic rings. The molecule has 0 aliphatic carbocycles. The van der Waals surface area contributed by atoms with Crippen LogP contribution in [-0.4, -0.2) is 17.5 Å². The first-order valence-corrected chi connectivity index (χ1v) is 4.68. The molecule has 0 saturated heterocycles. The highest BCUT2D eigenvalue weighted by Gasteiger charge is 2.04. The van der Waals surface area contributed by atoms with Crippen molar-refractivity contribution in [3.05, 3.63) is 28.8 Å². The molecule has 0 amide bonds. The molecule has 0 unspecified atom stereocenters. The van der Waals surface area contributed by atoms with E-state index in [-0.39, 0.29) is 0 Å². The van der Waals surface area contributed by atoms with Crippen molar-refractivity contribution in [1.82, 2.24) is 0 Å². The molecule has 0 saturated carbocycles. The normalized spacial score (nSPS) is 11.5. The van der Waals surface area contributed by atoms with Gasteiger partial charge in [0, 0.05) is 5.56 Å². The second-order valence-corrected chi connectivity index (χ2v) is 3.17. The Morgan fingerprint density at radius 2 is 2.29 bits per heavy atom. The summed E-state index contributed by atoms with van der Waals surface area (Å²) >= 11 is 5.95.